The molecule has 0 unspecified atom stereocenters. The Bertz CT molecular complexity index is 248. The second kappa shape index (κ2) is 6.78. The lowest BCUT2D eigenvalue weighted by Gasteiger charge is -2.28. The van der Waals surface area contributed by atoms with Crippen molar-refractivity contribution in [2.24, 2.45) is 10.7 Å². The number of morpholine rings is 2. The van der Waals surface area contributed by atoms with Gasteiger partial charge in [0.25, 0.3) is 0 Å². The minimum atomic E-state index is 0.654. The van der Waals surface area contributed by atoms with Crippen LogP contribution in [0.2, 0.25) is 0 Å². The van der Waals surface area contributed by atoms with Crippen LogP contribution in [0.4, 0.5) is 0 Å². The van der Waals surface area contributed by atoms with Crippen molar-refractivity contribution in [3.8, 4) is 0 Å². The minimum absolute atomic E-state index is 0.654. The fourth-order valence-corrected chi connectivity index (χ4v) is 2.02. The summed E-state index contributed by atoms with van der Waals surface area (Å²) < 4.78 is 10.6. The van der Waals surface area contributed by atoms with E-state index in [1.54, 1.807) is 0 Å². The van der Waals surface area contributed by atoms with Gasteiger partial charge >= 0.3 is 0 Å². The number of hydrogen-bond acceptors (Lipinski definition) is 4. The molecule has 0 bridgehead atoms. The number of nitrogens with two attached hydrogens (primary N) is 1. The first kappa shape index (κ1) is 12.6. The van der Waals surface area contributed by atoms with Crippen molar-refractivity contribution in [2.45, 2.75) is 0 Å². The van der Waals surface area contributed by atoms with E-state index in [1.807, 2.05) is 0 Å². The molecule has 6 nitrogen and oxygen atoms in total. The van der Waals surface area contributed by atoms with E-state index in [2.05, 4.69) is 14.8 Å². The van der Waals surface area contributed by atoms with Gasteiger partial charge in [-0.05, 0) is 0 Å². The third kappa shape index (κ3) is 4.14. The predicted octanol–water partition coefficient (Wildman–Crippen LogP) is -1.03. The van der Waals surface area contributed by atoms with Gasteiger partial charge < -0.3 is 20.1 Å². The van der Waals surface area contributed by atoms with E-state index in [-0.39, 0.29) is 0 Å². The minimum Gasteiger partial charge on any atom is -0.379 e. The van der Waals surface area contributed by atoms with Crippen LogP contribution in [-0.2, 0) is 9.47 Å². The summed E-state index contributed by atoms with van der Waals surface area (Å²) in [5, 5.41) is 0. The fourth-order valence-electron chi connectivity index (χ4n) is 2.02. The smallest absolute Gasteiger partial charge is 0.191 e. The second-order valence-corrected chi connectivity index (χ2v) is 4.29. The Kier molecular flexibility index (Phi) is 5.03. The third-order valence-electron chi connectivity index (χ3n) is 3.13. The Morgan fingerprint density at radius 3 is 2.24 bits per heavy atom. The zero-order valence-electron chi connectivity index (χ0n) is 10.3. The van der Waals surface area contributed by atoms with E-state index < -0.39 is 0 Å². The van der Waals surface area contributed by atoms with Gasteiger partial charge in [-0.15, -0.1) is 0 Å². The van der Waals surface area contributed by atoms with Crippen molar-refractivity contribution < 1.29 is 9.47 Å². The standard InChI is InChI=1S/C11H22N4O2/c12-11(15-5-9-17-10-6-15)13-1-2-14-3-7-16-8-4-14/h1-10H2,(H2,12,13). The number of ether oxygens (including phenoxy) is 2. The summed E-state index contributed by atoms with van der Waals surface area (Å²) in [4.78, 5) is 8.87. The van der Waals surface area contributed by atoms with Crippen molar-refractivity contribution in [1.29, 1.82) is 0 Å². The Morgan fingerprint density at radius 1 is 1.00 bits per heavy atom. The SMILES string of the molecule is NC(=NCCN1CCOCC1)N1CCOCC1. The molecule has 2 aliphatic rings. The van der Waals surface area contributed by atoms with Crippen molar-refractivity contribution in [1.82, 2.24) is 9.80 Å². The molecule has 0 spiro atoms. The molecule has 2 aliphatic heterocycles. The topological polar surface area (TPSA) is 63.3 Å². The monoisotopic (exact) mass is 242 g/mol. The maximum atomic E-state index is 5.94. The zero-order valence-corrected chi connectivity index (χ0v) is 10.3. The Morgan fingerprint density at radius 2 is 1.59 bits per heavy atom. The molecule has 0 aliphatic carbocycles. The van der Waals surface area contributed by atoms with Gasteiger partial charge in [0.1, 0.15) is 0 Å². The van der Waals surface area contributed by atoms with E-state index >= 15 is 0 Å². The van der Waals surface area contributed by atoms with Gasteiger partial charge in [0.05, 0.1) is 33.0 Å². The molecule has 0 atom stereocenters. The average molecular weight is 242 g/mol. The number of nitrogens with zero attached hydrogens (tertiary/aromatic N) is 3. The van der Waals surface area contributed by atoms with Gasteiger partial charge in [0.15, 0.2) is 5.96 Å². The molecular weight excluding hydrogens is 220 g/mol. The van der Waals surface area contributed by atoms with E-state index in [1.165, 1.54) is 0 Å². The molecular formula is C11H22N4O2. The average Bonchev–Trinajstić information content (AvgIpc) is 2.41. The summed E-state index contributed by atoms with van der Waals surface area (Å²) in [6, 6.07) is 0. The molecule has 2 N–H and O–H groups in total. The van der Waals surface area contributed by atoms with Crippen LogP contribution < -0.4 is 5.73 Å². The van der Waals surface area contributed by atoms with Crippen molar-refractivity contribution in [2.75, 3.05) is 65.7 Å². The lowest BCUT2D eigenvalue weighted by Crippen LogP contribution is -2.45. The summed E-state index contributed by atoms with van der Waals surface area (Å²) in [7, 11) is 0. The van der Waals surface area contributed by atoms with Gasteiger partial charge in [-0.2, -0.15) is 0 Å². The summed E-state index contributed by atoms with van der Waals surface area (Å²) in [6.45, 7) is 8.63. The summed E-state index contributed by atoms with van der Waals surface area (Å²) in [5.41, 5.74) is 5.94. The Balaban J connectivity index is 1.67. The van der Waals surface area contributed by atoms with Crippen LogP contribution in [0.15, 0.2) is 4.99 Å². The highest BCUT2D eigenvalue weighted by Crippen LogP contribution is 1.98. The molecule has 0 aromatic rings. The zero-order chi connectivity index (χ0) is 11.9. The van der Waals surface area contributed by atoms with Gasteiger partial charge in [0.2, 0.25) is 0 Å². The van der Waals surface area contributed by atoms with E-state index in [0.29, 0.717) is 5.96 Å². The summed E-state index contributed by atoms with van der Waals surface area (Å²) >= 11 is 0. The van der Waals surface area contributed by atoms with E-state index in [9.17, 15) is 0 Å². The molecule has 0 radical (unpaired) electrons. The van der Waals surface area contributed by atoms with E-state index in [0.717, 1.165) is 65.7 Å². The number of rotatable bonds is 3. The van der Waals surface area contributed by atoms with Crippen LogP contribution in [-0.4, -0.2) is 81.5 Å². The highest BCUT2D eigenvalue weighted by atomic mass is 16.5. The van der Waals surface area contributed by atoms with Gasteiger partial charge in [-0.3, -0.25) is 9.89 Å². The van der Waals surface area contributed by atoms with Crippen LogP contribution in [0.5, 0.6) is 0 Å². The van der Waals surface area contributed by atoms with Crippen molar-refractivity contribution >= 4 is 5.96 Å². The molecule has 98 valence electrons. The quantitative estimate of drug-likeness (QED) is 0.506. The maximum Gasteiger partial charge on any atom is 0.191 e. The molecule has 0 saturated carbocycles. The van der Waals surface area contributed by atoms with Crippen LogP contribution in [0, 0.1) is 0 Å². The molecule has 6 heteroatoms. The molecule has 2 fully saturated rings. The van der Waals surface area contributed by atoms with Crippen LogP contribution >= 0.6 is 0 Å². The Labute approximate surface area is 102 Å². The summed E-state index contributed by atoms with van der Waals surface area (Å²) in [5.74, 6) is 0.654. The van der Waals surface area contributed by atoms with Crippen molar-refractivity contribution in [3.63, 3.8) is 0 Å². The molecule has 0 aromatic carbocycles. The molecule has 0 aromatic heterocycles. The first-order chi connectivity index (χ1) is 8.36. The third-order valence-corrected chi connectivity index (χ3v) is 3.13. The van der Waals surface area contributed by atoms with Gasteiger partial charge in [0, 0.05) is 32.7 Å². The lowest BCUT2D eigenvalue weighted by atomic mass is 10.4. The highest BCUT2D eigenvalue weighted by molar-refractivity contribution is 5.78. The van der Waals surface area contributed by atoms with Crippen LogP contribution in [0.1, 0.15) is 0 Å². The molecule has 2 heterocycles. The van der Waals surface area contributed by atoms with Gasteiger partial charge in [-0.25, -0.2) is 0 Å². The largest absolute Gasteiger partial charge is 0.379 e. The second-order valence-electron chi connectivity index (χ2n) is 4.29. The molecule has 2 saturated heterocycles. The van der Waals surface area contributed by atoms with Crippen LogP contribution in [0.3, 0.4) is 0 Å². The highest BCUT2D eigenvalue weighted by Gasteiger charge is 2.12. The predicted molar refractivity (Wildman–Crippen MR) is 66.1 cm³/mol. The van der Waals surface area contributed by atoms with Crippen molar-refractivity contribution in [3.05, 3.63) is 0 Å². The van der Waals surface area contributed by atoms with Gasteiger partial charge in [-0.1, -0.05) is 0 Å². The molecule has 17 heavy (non-hydrogen) atoms. The lowest BCUT2D eigenvalue weighted by molar-refractivity contribution is 0.0393. The number of guanidine groups is 1. The normalized spacial score (nSPS) is 24.0. The Hall–Kier alpha value is -0.850. The fraction of sp³-hybridized carbons (Fsp3) is 0.909. The summed E-state index contributed by atoms with van der Waals surface area (Å²) in [6.07, 6.45) is 0. The first-order valence-corrected chi connectivity index (χ1v) is 6.29. The number of hydrogen-bond donors (Lipinski definition) is 1. The number of aliphatic imine (C=N–C) groups is 1. The first-order valence-electron chi connectivity index (χ1n) is 6.29. The maximum absolute atomic E-state index is 5.94. The van der Waals surface area contributed by atoms with Crippen LogP contribution in [0.25, 0.3) is 0 Å². The molecule has 2 rings (SSSR count). The van der Waals surface area contributed by atoms with E-state index in [4.69, 9.17) is 15.2 Å². The molecule has 0 amide bonds.